The van der Waals surface area contributed by atoms with Crippen LogP contribution in [-0.2, 0) is 14.9 Å². The van der Waals surface area contributed by atoms with Crippen LogP contribution in [0.2, 0.25) is 0 Å². The molecule has 2 saturated heterocycles. The lowest BCUT2D eigenvalue weighted by molar-refractivity contribution is -0.0284. The van der Waals surface area contributed by atoms with E-state index in [0.717, 1.165) is 71.3 Å². The Bertz CT molecular complexity index is 629. The normalized spacial score (nSPS) is 23.2. The first-order chi connectivity index (χ1) is 14.1. The topological polar surface area (TPSA) is 58.1 Å². The Balaban J connectivity index is 1.53. The SMILES string of the molecule is CN=C(NCC1CN(CC(C)C)CCO1)NCC1(c2ccccc2)CCOCC1. The number of hydrogen-bond donors (Lipinski definition) is 2. The Morgan fingerprint density at radius 3 is 2.62 bits per heavy atom. The average Bonchev–Trinajstić information content (AvgIpc) is 2.75. The summed E-state index contributed by atoms with van der Waals surface area (Å²) >= 11 is 0. The van der Waals surface area contributed by atoms with Crippen molar-refractivity contribution in [3.05, 3.63) is 35.9 Å². The van der Waals surface area contributed by atoms with Crippen molar-refractivity contribution in [2.75, 3.05) is 59.6 Å². The number of guanidine groups is 1. The zero-order valence-corrected chi connectivity index (χ0v) is 18.3. The highest BCUT2D eigenvalue weighted by Gasteiger charge is 2.34. The van der Waals surface area contributed by atoms with Crippen LogP contribution >= 0.6 is 0 Å². The molecule has 1 unspecified atom stereocenters. The number of nitrogens with one attached hydrogen (secondary N) is 2. The van der Waals surface area contributed by atoms with E-state index in [1.807, 2.05) is 7.05 Å². The molecule has 2 fully saturated rings. The van der Waals surface area contributed by atoms with Gasteiger partial charge in [0.15, 0.2) is 5.96 Å². The van der Waals surface area contributed by atoms with E-state index in [-0.39, 0.29) is 11.5 Å². The van der Waals surface area contributed by atoms with Crippen LogP contribution in [0.1, 0.15) is 32.3 Å². The van der Waals surface area contributed by atoms with Crippen LogP contribution in [0.5, 0.6) is 0 Å². The standard InChI is InChI=1S/C23H38N4O2/c1-19(2)16-27-11-14-29-21(17-27)15-25-22(24-3)26-18-23(9-12-28-13-10-23)20-7-5-4-6-8-20/h4-8,19,21H,9-18H2,1-3H3,(H2,24,25,26). The average molecular weight is 403 g/mol. The second-order valence-electron chi connectivity index (χ2n) is 8.71. The van der Waals surface area contributed by atoms with Crippen LogP contribution in [0.15, 0.2) is 35.3 Å². The number of ether oxygens (including phenoxy) is 2. The van der Waals surface area contributed by atoms with Crippen LogP contribution in [-0.4, -0.2) is 76.6 Å². The Hall–Kier alpha value is -1.63. The molecule has 2 N–H and O–H groups in total. The second kappa shape index (κ2) is 11.0. The highest BCUT2D eigenvalue weighted by Crippen LogP contribution is 2.34. The lowest BCUT2D eigenvalue weighted by Gasteiger charge is -2.38. The van der Waals surface area contributed by atoms with Crippen molar-refractivity contribution in [1.29, 1.82) is 0 Å². The minimum Gasteiger partial charge on any atom is -0.381 e. The molecule has 0 saturated carbocycles. The minimum atomic E-state index is 0.0898. The molecule has 0 radical (unpaired) electrons. The lowest BCUT2D eigenvalue weighted by Crippen LogP contribution is -2.52. The molecule has 3 rings (SSSR count). The van der Waals surface area contributed by atoms with E-state index >= 15 is 0 Å². The molecule has 0 spiro atoms. The third kappa shape index (κ3) is 6.43. The molecule has 2 heterocycles. The molecule has 162 valence electrons. The lowest BCUT2D eigenvalue weighted by atomic mass is 9.74. The molecule has 1 atom stereocenters. The molecule has 0 aliphatic carbocycles. The van der Waals surface area contributed by atoms with Crippen LogP contribution in [0.4, 0.5) is 0 Å². The van der Waals surface area contributed by atoms with E-state index in [1.165, 1.54) is 5.56 Å². The molecule has 2 aliphatic rings. The van der Waals surface area contributed by atoms with Crippen LogP contribution < -0.4 is 10.6 Å². The maximum absolute atomic E-state index is 5.96. The van der Waals surface area contributed by atoms with Gasteiger partial charge in [-0.15, -0.1) is 0 Å². The fraction of sp³-hybridized carbons (Fsp3) is 0.696. The van der Waals surface area contributed by atoms with Crippen molar-refractivity contribution >= 4 is 5.96 Å². The summed E-state index contributed by atoms with van der Waals surface area (Å²) in [6, 6.07) is 10.8. The monoisotopic (exact) mass is 402 g/mol. The summed E-state index contributed by atoms with van der Waals surface area (Å²) in [5, 5.41) is 7.05. The zero-order chi connectivity index (χ0) is 20.5. The van der Waals surface area contributed by atoms with E-state index in [9.17, 15) is 0 Å². The largest absolute Gasteiger partial charge is 0.381 e. The molecule has 29 heavy (non-hydrogen) atoms. The molecule has 0 aromatic heterocycles. The van der Waals surface area contributed by atoms with Crippen LogP contribution in [0.3, 0.4) is 0 Å². The smallest absolute Gasteiger partial charge is 0.191 e. The van der Waals surface area contributed by atoms with Crippen molar-refractivity contribution in [1.82, 2.24) is 15.5 Å². The van der Waals surface area contributed by atoms with E-state index in [1.54, 1.807) is 0 Å². The zero-order valence-electron chi connectivity index (χ0n) is 18.3. The third-order valence-electron chi connectivity index (χ3n) is 6.00. The van der Waals surface area contributed by atoms with Crippen molar-refractivity contribution in [2.45, 2.75) is 38.2 Å². The fourth-order valence-electron chi connectivity index (χ4n) is 4.39. The summed E-state index contributed by atoms with van der Waals surface area (Å²) in [5.74, 6) is 1.53. The van der Waals surface area contributed by atoms with Gasteiger partial charge in [0.25, 0.3) is 0 Å². The van der Waals surface area contributed by atoms with E-state index in [4.69, 9.17) is 9.47 Å². The highest BCUT2D eigenvalue weighted by atomic mass is 16.5. The van der Waals surface area contributed by atoms with Crippen LogP contribution in [0.25, 0.3) is 0 Å². The van der Waals surface area contributed by atoms with Gasteiger partial charge in [-0.05, 0) is 24.3 Å². The first-order valence-electron chi connectivity index (χ1n) is 11.0. The molecule has 2 aliphatic heterocycles. The summed E-state index contributed by atoms with van der Waals surface area (Å²) in [6.45, 7) is 11.7. The fourth-order valence-corrected chi connectivity index (χ4v) is 4.39. The Morgan fingerprint density at radius 2 is 1.93 bits per heavy atom. The van der Waals surface area contributed by atoms with Gasteiger partial charge in [0.05, 0.1) is 12.7 Å². The van der Waals surface area contributed by atoms with E-state index in [2.05, 4.69) is 64.7 Å². The third-order valence-corrected chi connectivity index (χ3v) is 6.00. The summed E-state index contributed by atoms with van der Waals surface area (Å²) in [6.07, 6.45) is 2.25. The molecular formula is C23H38N4O2. The van der Waals surface area contributed by atoms with Gasteiger partial charge in [-0.3, -0.25) is 9.89 Å². The molecule has 6 heteroatoms. The molecule has 1 aromatic rings. The maximum atomic E-state index is 5.96. The van der Waals surface area contributed by atoms with Gasteiger partial charge in [0.2, 0.25) is 0 Å². The Morgan fingerprint density at radius 1 is 1.17 bits per heavy atom. The number of rotatable bonds is 7. The first-order valence-corrected chi connectivity index (χ1v) is 11.0. The predicted molar refractivity (Wildman–Crippen MR) is 119 cm³/mol. The van der Waals surface area contributed by atoms with Gasteiger partial charge in [-0.1, -0.05) is 44.2 Å². The molecular weight excluding hydrogens is 364 g/mol. The van der Waals surface area contributed by atoms with Crippen molar-refractivity contribution < 1.29 is 9.47 Å². The molecule has 0 bridgehead atoms. The van der Waals surface area contributed by atoms with Gasteiger partial charge in [0.1, 0.15) is 0 Å². The maximum Gasteiger partial charge on any atom is 0.191 e. The summed E-state index contributed by atoms with van der Waals surface area (Å²) in [7, 11) is 1.83. The molecule has 6 nitrogen and oxygen atoms in total. The van der Waals surface area contributed by atoms with Crippen molar-refractivity contribution in [3.8, 4) is 0 Å². The number of morpholine rings is 1. The number of aliphatic imine (C=N–C) groups is 1. The quantitative estimate of drug-likeness (QED) is 0.541. The van der Waals surface area contributed by atoms with Gasteiger partial charge in [0, 0.05) is 58.4 Å². The number of nitrogens with zero attached hydrogens (tertiary/aromatic N) is 2. The highest BCUT2D eigenvalue weighted by molar-refractivity contribution is 5.79. The molecule has 1 aromatic carbocycles. The summed E-state index contributed by atoms with van der Waals surface area (Å²) in [5.41, 5.74) is 1.47. The second-order valence-corrected chi connectivity index (χ2v) is 8.71. The van der Waals surface area contributed by atoms with Gasteiger partial charge < -0.3 is 20.1 Å². The Labute approximate surface area is 176 Å². The van der Waals surface area contributed by atoms with E-state index < -0.39 is 0 Å². The van der Waals surface area contributed by atoms with E-state index in [0.29, 0.717) is 5.92 Å². The predicted octanol–water partition coefficient (Wildman–Crippen LogP) is 2.26. The molecule has 0 amide bonds. The van der Waals surface area contributed by atoms with Crippen molar-refractivity contribution in [2.24, 2.45) is 10.9 Å². The number of hydrogen-bond acceptors (Lipinski definition) is 4. The van der Waals surface area contributed by atoms with Crippen molar-refractivity contribution in [3.63, 3.8) is 0 Å². The first kappa shape index (κ1) is 22.1. The summed E-state index contributed by atoms with van der Waals surface area (Å²) in [4.78, 5) is 6.95. The van der Waals surface area contributed by atoms with Gasteiger partial charge in [-0.25, -0.2) is 0 Å². The van der Waals surface area contributed by atoms with Crippen LogP contribution in [0, 0.1) is 5.92 Å². The Kier molecular flexibility index (Phi) is 8.33. The summed E-state index contributed by atoms with van der Waals surface area (Å²) < 4.78 is 11.6. The number of benzene rings is 1. The van der Waals surface area contributed by atoms with Gasteiger partial charge >= 0.3 is 0 Å². The minimum absolute atomic E-state index is 0.0898. The van der Waals surface area contributed by atoms with Gasteiger partial charge in [-0.2, -0.15) is 0 Å².